The Morgan fingerprint density at radius 1 is 1.15 bits per heavy atom. The highest BCUT2D eigenvalue weighted by molar-refractivity contribution is 5.95. The number of pyridine rings is 1. The molecule has 0 spiro atoms. The molecule has 0 radical (unpaired) electrons. The molecular weight excluding hydrogens is 338 g/mol. The van der Waals surface area contributed by atoms with Crippen molar-refractivity contribution in [1.29, 1.82) is 0 Å². The van der Waals surface area contributed by atoms with E-state index in [2.05, 4.69) is 20.9 Å². The fourth-order valence-electron chi connectivity index (χ4n) is 4.33. The van der Waals surface area contributed by atoms with Gasteiger partial charge < -0.3 is 9.64 Å². The maximum absolute atomic E-state index is 13.2. The van der Waals surface area contributed by atoms with E-state index in [-0.39, 0.29) is 11.9 Å². The van der Waals surface area contributed by atoms with Crippen molar-refractivity contribution in [2.24, 2.45) is 5.92 Å². The Bertz CT molecular complexity index is 780. The summed E-state index contributed by atoms with van der Waals surface area (Å²) in [6.07, 6.45) is 4.13. The molecule has 1 aromatic heterocycles. The van der Waals surface area contributed by atoms with Crippen molar-refractivity contribution >= 4 is 5.91 Å². The molecule has 1 aromatic carbocycles. The second-order valence-electron chi connectivity index (χ2n) is 7.53. The Morgan fingerprint density at radius 2 is 2.07 bits per heavy atom. The van der Waals surface area contributed by atoms with Gasteiger partial charge in [-0.25, -0.2) is 0 Å². The van der Waals surface area contributed by atoms with E-state index in [4.69, 9.17) is 4.74 Å². The lowest BCUT2D eigenvalue weighted by atomic mass is 9.94. The minimum atomic E-state index is 0.130. The van der Waals surface area contributed by atoms with Gasteiger partial charge in [0.05, 0.1) is 12.3 Å². The lowest BCUT2D eigenvalue weighted by molar-refractivity contribution is 0.0584. The highest BCUT2D eigenvalue weighted by Gasteiger charge is 2.37. The molecule has 3 aliphatic rings. The van der Waals surface area contributed by atoms with Crippen LogP contribution in [0, 0.1) is 5.92 Å². The van der Waals surface area contributed by atoms with E-state index < -0.39 is 0 Å². The third-order valence-corrected chi connectivity index (χ3v) is 5.55. The average molecular weight is 365 g/mol. The van der Waals surface area contributed by atoms with Gasteiger partial charge in [-0.15, -0.1) is 0 Å². The zero-order valence-electron chi connectivity index (χ0n) is 15.9. The third-order valence-electron chi connectivity index (χ3n) is 5.55. The Morgan fingerprint density at radius 3 is 2.89 bits per heavy atom. The van der Waals surface area contributed by atoms with Crippen LogP contribution in [0.5, 0.6) is 5.75 Å². The van der Waals surface area contributed by atoms with E-state index >= 15 is 0 Å². The van der Waals surface area contributed by atoms with Crippen LogP contribution in [0.15, 0.2) is 48.7 Å². The van der Waals surface area contributed by atoms with Gasteiger partial charge in [0, 0.05) is 44.0 Å². The Kier molecular flexibility index (Phi) is 5.39. The molecule has 0 aliphatic carbocycles. The van der Waals surface area contributed by atoms with Crippen LogP contribution in [0.25, 0.3) is 0 Å². The number of carbonyl (C=O) groups is 1. The van der Waals surface area contributed by atoms with E-state index in [9.17, 15) is 4.79 Å². The first-order chi connectivity index (χ1) is 13.2. The Hall–Kier alpha value is -2.40. The zero-order valence-corrected chi connectivity index (χ0v) is 15.9. The summed E-state index contributed by atoms with van der Waals surface area (Å²) >= 11 is 0. The number of piperidine rings is 1. The number of ether oxygens (including phenoxy) is 1. The topological polar surface area (TPSA) is 45.7 Å². The van der Waals surface area contributed by atoms with E-state index in [1.54, 1.807) is 0 Å². The van der Waals surface area contributed by atoms with Gasteiger partial charge in [0.1, 0.15) is 5.75 Å². The van der Waals surface area contributed by atoms with Crippen LogP contribution in [-0.2, 0) is 6.54 Å². The summed E-state index contributed by atoms with van der Waals surface area (Å²) in [5, 5.41) is 0. The molecular formula is C22H27N3O2. The van der Waals surface area contributed by atoms with Crippen molar-refractivity contribution < 1.29 is 9.53 Å². The molecule has 2 aromatic rings. The summed E-state index contributed by atoms with van der Waals surface area (Å²) in [4.78, 5) is 22.2. The Balaban J connectivity index is 1.48. The summed E-state index contributed by atoms with van der Waals surface area (Å²) in [6.45, 7) is 6.23. The van der Waals surface area contributed by atoms with Crippen LogP contribution in [0.2, 0.25) is 0 Å². The Labute approximate surface area is 161 Å². The molecule has 0 N–H and O–H groups in total. The van der Waals surface area contributed by atoms with Gasteiger partial charge in [0.25, 0.3) is 5.91 Å². The molecule has 2 atom stereocenters. The van der Waals surface area contributed by atoms with E-state index in [1.807, 2.05) is 49.5 Å². The first-order valence-corrected chi connectivity index (χ1v) is 9.89. The largest absolute Gasteiger partial charge is 0.494 e. The van der Waals surface area contributed by atoms with Crippen LogP contribution < -0.4 is 4.74 Å². The standard InChI is InChI=1S/C22H27N3O2/c1-2-27-21-8-5-6-18(12-21)22(26)25-14-17-9-10-20(25)16-24(13-17)15-19-7-3-4-11-23-19/h3-8,11-12,17,20H,2,9-10,13-16H2,1H3/t17-,20+/m0/s1. The highest BCUT2D eigenvalue weighted by atomic mass is 16.5. The van der Waals surface area contributed by atoms with Crippen molar-refractivity contribution in [2.45, 2.75) is 32.4 Å². The number of hydrogen-bond donors (Lipinski definition) is 0. The van der Waals surface area contributed by atoms with Crippen LogP contribution in [0.4, 0.5) is 0 Å². The molecule has 3 saturated heterocycles. The van der Waals surface area contributed by atoms with Gasteiger partial charge in [-0.2, -0.15) is 0 Å². The summed E-state index contributed by atoms with van der Waals surface area (Å²) in [7, 11) is 0. The monoisotopic (exact) mass is 365 g/mol. The maximum Gasteiger partial charge on any atom is 0.254 e. The first kappa shape index (κ1) is 18.0. The fraction of sp³-hybridized carbons (Fsp3) is 0.455. The van der Waals surface area contributed by atoms with Crippen LogP contribution in [-0.4, -0.2) is 53.0 Å². The molecule has 2 bridgehead atoms. The van der Waals surface area contributed by atoms with Crippen LogP contribution >= 0.6 is 0 Å². The second-order valence-corrected chi connectivity index (χ2v) is 7.53. The van der Waals surface area contributed by atoms with Gasteiger partial charge in [-0.05, 0) is 56.0 Å². The van der Waals surface area contributed by atoms with Gasteiger partial charge in [0.15, 0.2) is 0 Å². The van der Waals surface area contributed by atoms with Crippen molar-refractivity contribution in [3.05, 3.63) is 59.9 Å². The number of benzene rings is 1. The molecule has 0 saturated carbocycles. The van der Waals surface area contributed by atoms with Crippen molar-refractivity contribution in [3.63, 3.8) is 0 Å². The number of carbonyl (C=O) groups excluding carboxylic acids is 1. The fourth-order valence-corrected chi connectivity index (χ4v) is 4.33. The van der Waals surface area contributed by atoms with Gasteiger partial charge in [0.2, 0.25) is 0 Å². The van der Waals surface area contributed by atoms with Gasteiger partial charge in [-0.3, -0.25) is 14.7 Å². The van der Waals surface area contributed by atoms with Crippen LogP contribution in [0.3, 0.4) is 0 Å². The molecule has 4 heterocycles. The molecule has 0 unspecified atom stereocenters. The lowest BCUT2D eigenvalue weighted by Crippen LogP contribution is -2.47. The quantitative estimate of drug-likeness (QED) is 0.816. The number of aromatic nitrogens is 1. The van der Waals surface area contributed by atoms with E-state index in [0.717, 1.165) is 49.6 Å². The zero-order chi connectivity index (χ0) is 18.6. The number of rotatable bonds is 5. The molecule has 3 aliphatic heterocycles. The molecule has 5 heteroatoms. The highest BCUT2D eigenvalue weighted by Crippen LogP contribution is 2.30. The van der Waals surface area contributed by atoms with Crippen LogP contribution in [0.1, 0.15) is 35.8 Å². The molecule has 5 rings (SSSR count). The molecule has 3 fully saturated rings. The summed E-state index contributed by atoms with van der Waals surface area (Å²) in [5.74, 6) is 1.43. The summed E-state index contributed by atoms with van der Waals surface area (Å²) < 4.78 is 5.57. The first-order valence-electron chi connectivity index (χ1n) is 9.89. The predicted molar refractivity (Wildman–Crippen MR) is 105 cm³/mol. The van der Waals surface area contributed by atoms with E-state index in [0.29, 0.717) is 12.5 Å². The normalized spacial score (nSPS) is 22.5. The lowest BCUT2D eigenvalue weighted by Gasteiger charge is -2.36. The third kappa shape index (κ3) is 4.14. The average Bonchev–Trinajstić information content (AvgIpc) is 2.99. The molecule has 5 nitrogen and oxygen atoms in total. The second kappa shape index (κ2) is 8.09. The SMILES string of the molecule is CCOc1cccc(C(=O)N2C[C@H]3CC[C@@H]2CN(Cc2ccccn2)C3)c1. The molecule has 1 amide bonds. The smallest absolute Gasteiger partial charge is 0.254 e. The van der Waals surface area contributed by atoms with Crippen molar-refractivity contribution in [1.82, 2.24) is 14.8 Å². The maximum atomic E-state index is 13.2. The number of hydrogen-bond acceptors (Lipinski definition) is 4. The predicted octanol–water partition coefficient (Wildman–Crippen LogP) is 3.22. The number of fused-ring (bicyclic) bond motifs is 4. The van der Waals surface area contributed by atoms with Crippen molar-refractivity contribution in [3.8, 4) is 5.75 Å². The minimum Gasteiger partial charge on any atom is -0.494 e. The molecule has 27 heavy (non-hydrogen) atoms. The minimum absolute atomic E-state index is 0.130. The van der Waals surface area contributed by atoms with Crippen molar-refractivity contribution in [2.75, 3.05) is 26.2 Å². The summed E-state index contributed by atoms with van der Waals surface area (Å²) in [5.41, 5.74) is 1.82. The number of nitrogens with zero attached hydrogens (tertiary/aromatic N) is 3. The molecule has 142 valence electrons. The number of amides is 1. The van der Waals surface area contributed by atoms with Gasteiger partial charge in [-0.1, -0.05) is 12.1 Å². The van der Waals surface area contributed by atoms with E-state index in [1.165, 1.54) is 6.42 Å². The van der Waals surface area contributed by atoms with Gasteiger partial charge >= 0.3 is 0 Å². The summed E-state index contributed by atoms with van der Waals surface area (Å²) in [6, 6.07) is 13.9.